The maximum Gasteiger partial charge on any atom is 0.0942 e. The van der Waals surface area contributed by atoms with Crippen LogP contribution in [0, 0.1) is 12.8 Å². The first-order valence-corrected chi connectivity index (χ1v) is 7.09. The zero-order valence-electron chi connectivity index (χ0n) is 12.2. The summed E-state index contributed by atoms with van der Waals surface area (Å²) >= 11 is 0. The van der Waals surface area contributed by atoms with Crippen molar-refractivity contribution in [3.8, 4) is 0 Å². The maximum absolute atomic E-state index is 10.5. The van der Waals surface area contributed by atoms with E-state index in [1.807, 2.05) is 12.1 Å². The van der Waals surface area contributed by atoms with E-state index in [9.17, 15) is 5.11 Å². The SMILES string of the molecule is COCC1CCN(C(C)C(O)c2ccc(C)cc2)C1. The second-order valence-corrected chi connectivity index (χ2v) is 5.70. The van der Waals surface area contributed by atoms with Crippen LogP contribution in [-0.2, 0) is 4.74 Å². The number of ether oxygens (including phenoxy) is 1. The molecule has 3 nitrogen and oxygen atoms in total. The third-order valence-corrected chi connectivity index (χ3v) is 4.17. The minimum Gasteiger partial charge on any atom is -0.387 e. The number of hydrogen-bond acceptors (Lipinski definition) is 3. The number of nitrogens with zero attached hydrogens (tertiary/aromatic N) is 1. The minimum atomic E-state index is -0.415. The van der Waals surface area contributed by atoms with E-state index in [1.165, 1.54) is 12.0 Å². The quantitative estimate of drug-likeness (QED) is 0.885. The lowest BCUT2D eigenvalue weighted by Gasteiger charge is -2.29. The number of likely N-dealkylation sites (tertiary alicyclic amines) is 1. The fourth-order valence-corrected chi connectivity index (χ4v) is 2.85. The largest absolute Gasteiger partial charge is 0.387 e. The molecule has 3 heteroatoms. The van der Waals surface area contributed by atoms with Gasteiger partial charge in [0.25, 0.3) is 0 Å². The summed E-state index contributed by atoms with van der Waals surface area (Å²) < 4.78 is 5.22. The molecule has 0 bridgehead atoms. The number of methoxy groups -OCH3 is 1. The van der Waals surface area contributed by atoms with Crippen LogP contribution in [0.5, 0.6) is 0 Å². The molecule has 1 fully saturated rings. The molecule has 2 rings (SSSR count). The third kappa shape index (κ3) is 3.56. The molecule has 1 heterocycles. The number of aryl methyl sites for hydroxylation is 1. The number of hydrogen-bond donors (Lipinski definition) is 1. The lowest BCUT2D eigenvalue weighted by atomic mass is 10.0. The van der Waals surface area contributed by atoms with Gasteiger partial charge in [0.05, 0.1) is 12.7 Å². The van der Waals surface area contributed by atoms with E-state index in [0.717, 1.165) is 25.3 Å². The Morgan fingerprint density at radius 3 is 2.68 bits per heavy atom. The van der Waals surface area contributed by atoms with E-state index >= 15 is 0 Å². The third-order valence-electron chi connectivity index (χ3n) is 4.17. The zero-order valence-corrected chi connectivity index (χ0v) is 12.2. The molecule has 1 saturated heterocycles. The van der Waals surface area contributed by atoms with Gasteiger partial charge in [-0.2, -0.15) is 0 Å². The number of aliphatic hydroxyl groups excluding tert-OH is 1. The van der Waals surface area contributed by atoms with Gasteiger partial charge in [0.2, 0.25) is 0 Å². The first-order valence-electron chi connectivity index (χ1n) is 7.09. The Balaban J connectivity index is 1.96. The van der Waals surface area contributed by atoms with Gasteiger partial charge in [-0.05, 0) is 38.3 Å². The Kier molecular flexibility index (Phi) is 4.97. The molecule has 0 aliphatic carbocycles. The van der Waals surface area contributed by atoms with Gasteiger partial charge < -0.3 is 9.84 Å². The van der Waals surface area contributed by atoms with Crippen molar-refractivity contribution >= 4 is 0 Å². The highest BCUT2D eigenvalue weighted by atomic mass is 16.5. The van der Waals surface area contributed by atoms with Gasteiger partial charge in [-0.15, -0.1) is 0 Å². The van der Waals surface area contributed by atoms with Crippen LogP contribution in [0.4, 0.5) is 0 Å². The summed E-state index contributed by atoms with van der Waals surface area (Å²) in [4.78, 5) is 2.37. The monoisotopic (exact) mass is 263 g/mol. The fraction of sp³-hybridized carbons (Fsp3) is 0.625. The Morgan fingerprint density at radius 2 is 2.05 bits per heavy atom. The predicted molar refractivity (Wildman–Crippen MR) is 77.2 cm³/mol. The maximum atomic E-state index is 10.5. The van der Waals surface area contributed by atoms with Gasteiger partial charge >= 0.3 is 0 Å². The molecule has 0 saturated carbocycles. The smallest absolute Gasteiger partial charge is 0.0942 e. The van der Waals surface area contributed by atoms with Crippen molar-refractivity contribution in [1.82, 2.24) is 4.90 Å². The molecule has 3 atom stereocenters. The van der Waals surface area contributed by atoms with Crippen molar-refractivity contribution in [1.29, 1.82) is 0 Å². The summed E-state index contributed by atoms with van der Waals surface area (Å²) in [5.74, 6) is 0.609. The number of rotatable bonds is 5. The highest BCUT2D eigenvalue weighted by molar-refractivity contribution is 5.24. The molecular formula is C16H25NO2. The molecule has 0 radical (unpaired) electrons. The first-order chi connectivity index (χ1) is 9.11. The van der Waals surface area contributed by atoms with E-state index < -0.39 is 6.10 Å². The number of benzene rings is 1. The van der Waals surface area contributed by atoms with Gasteiger partial charge in [0, 0.05) is 19.7 Å². The van der Waals surface area contributed by atoms with Crippen LogP contribution in [0.1, 0.15) is 30.6 Å². The normalized spacial score (nSPS) is 23.5. The Labute approximate surface area is 116 Å². The molecule has 0 amide bonds. The molecular weight excluding hydrogens is 238 g/mol. The van der Waals surface area contributed by atoms with E-state index in [0.29, 0.717) is 5.92 Å². The lowest BCUT2D eigenvalue weighted by molar-refractivity contribution is 0.0655. The van der Waals surface area contributed by atoms with Gasteiger partial charge in [0.15, 0.2) is 0 Å². The second kappa shape index (κ2) is 6.51. The minimum absolute atomic E-state index is 0.157. The lowest BCUT2D eigenvalue weighted by Crippen LogP contribution is -2.36. The van der Waals surface area contributed by atoms with Gasteiger partial charge in [-0.3, -0.25) is 4.90 Å². The summed E-state index contributed by atoms with van der Waals surface area (Å²) in [5.41, 5.74) is 2.23. The van der Waals surface area contributed by atoms with Gasteiger partial charge in [-0.25, -0.2) is 0 Å². The van der Waals surface area contributed by atoms with Crippen LogP contribution in [0.25, 0.3) is 0 Å². The van der Waals surface area contributed by atoms with Crippen LogP contribution in [0.15, 0.2) is 24.3 Å². The van der Waals surface area contributed by atoms with Crippen molar-refractivity contribution < 1.29 is 9.84 Å². The van der Waals surface area contributed by atoms with Crippen LogP contribution in [-0.4, -0.2) is 42.9 Å². The molecule has 0 spiro atoms. The zero-order chi connectivity index (χ0) is 13.8. The average Bonchev–Trinajstić information content (AvgIpc) is 2.87. The summed E-state index contributed by atoms with van der Waals surface area (Å²) in [6, 6.07) is 8.33. The van der Waals surface area contributed by atoms with Crippen LogP contribution in [0.2, 0.25) is 0 Å². The van der Waals surface area contributed by atoms with Crippen molar-refractivity contribution in [2.24, 2.45) is 5.92 Å². The summed E-state index contributed by atoms with van der Waals surface area (Å²) in [6.45, 7) is 7.08. The molecule has 1 aromatic carbocycles. The number of aliphatic hydroxyl groups is 1. The summed E-state index contributed by atoms with van der Waals surface area (Å²) in [5, 5.41) is 10.5. The molecule has 106 valence electrons. The molecule has 1 aliphatic rings. The van der Waals surface area contributed by atoms with E-state index in [1.54, 1.807) is 7.11 Å². The fourth-order valence-electron chi connectivity index (χ4n) is 2.85. The molecule has 1 aromatic rings. The molecule has 1 N–H and O–H groups in total. The molecule has 1 aliphatic heterocycles. The molecule has 19 heavy (non-hydrogen) atoms. The Morgan fingerprint density at radius 1 is 1.37 bits per heavy atom. The van der Waals surface area contributed by atoms with Crippen LogP contribution in [0.3, 0.4) is 0 Å². The topological polar surface area (TPSA) is 32.7 Å². The average molecular weight is 263 g/mol. The van der Waals surface area contributed by atoms with Crippen molar-refractivity contribution in [3.05, 3.63) is 35.4 Å². The Hall–Kier alpha value is -0.900. The Bertz CT molecular complexity index is 390. The van der Waals surface area contributed by atoms with Gasteiger partial charge in [0.1, 0.15) is 0 Å². The first kappa shape index (κ1) is 14.5. The second-order valence-electron chi connectivity index (χ2n) is 5.70. The van der Waals surface area contributed by atoms with E-state index in [2.05, 4.69) is 30.9 Å². The predicted octanol–water partition coefficient (Wildman–Crippen LogP) is 2.39. The van der Waals surface area contributed by atoms with Crippen molar-refractivity contribution in [2.75, 3.05) is 26.8 Å². The standard InChI is InChI=1S/C16H25NO2/c1-12-4-6-15(7-5-12)16(18)13(2)17-9-8-14(10-17)11-19-3/h4-7,13-14,16,18H,8-11H2,1-3H3. The molecule has 3 unspecified atom stereocenters. The van der Waals surface area contributed by atoms with Crippen LogP contribution < -0.4 is 0 Å². The van der Waals surface area contributed by atoms with Crippen LogP contribution >= 0.6 is 0 Å². The van der Waals surface area contributed by atoms with E-state index in [4.69, 9.17) is 4.74 Å². The van der Waals surface area contributed by atoms with Crippen molar-refractivity contribution in [3.63, 3.8) is 0 Å². The highest BCUT2D eigenvalue weighted by Gasteiger charge is 2.30. The van der Waals surface area contributed by atoms with E-state index in [-0.39, 0.29) is 6.04 Å². The summed E-state index contributed by atoms with van der Waals surface area (Å²) in [6.07, 6.45) is 0.751. The summed E-state index contributed by atoms with van der Waals surface area (Å²) in [7, 11) is 1.76. The van der Waals surface area contributed by atoms with Gasteiger partial charge in [-0.1, -0.05) is 29.8 Å². The van der Waals surface area contributed by atoms with Crippen molar-refractivity contribution in [2.45, 2.75) is 32.4 Å². The molecule has 0 aromatic heterocycles. The highest BCUT2D eigenvalue weighted by Crippen LogP contribution is 2.26.